The Labute approximate surface area is 78.1 Å². The molecule has 0 aromatic carbocycles. The van der Waals surface area contributed by atoms with E-state index in [2.05, 4.69) is 0 Å². The second-order valence-corrected chi connectivity index (χ2v) is 3.53. The van der Waals surface area contributed by atoms with E-state index in [4.69, 9.17) is 15.6 Å². The summed E-state index contributed by atoms with van der Waals surface area (Å²) in [4.78, 5) is 10.6. The normalized spacial score (nSPS) is 34.5. The first kappa shape index (κ1) is 10.5. The largest absolute Gasteiger partial charge is 0.479 e. The first-order valence-electron chi connectivity index (χ1n) is 4.79. The fraction of sp³-hybridized carbons (Fsp3) is 0.889. The molecule has 4 heteroatoms. The fourth-order valence-electron chi connectivity index (χ4n) is 1.66. The van der Waals surface area contributed by atoms with Gasteiger partial charge in [0, 0.05) is 6.04 Å². The van der Waals surface area contributed by atoms with Crippen LogP contribution >= 0.6 is 0 Å². The molecule has 13 heavy (non-hydrogen) atoms. The Kier molecular flexibility index (Phi) is 3.69. The first-order valence-corrected chi connectivity index (χ1v) is 4.79. The van der Waals surface area contributed by atoms with Gasteiger partial charge in [0.2, 0.25) is 0 Å². The lowest BCUT2D eigenvalue weighted by Crippen LogP contribution is -2.46. The molecule has 1 aliphatic heterocycles. The highest BCUT2D eigenvalue weighted by Crippen LogP contribution is 2.21. The van der Waals surface area contributed by atoms with Gasteiger partial charge in [-0.2, -0.15) is 0 Å². The van der Waals surface area contributed by atoms with Crippen LogP contribution < -0.4 is 5.73 Å². The van der Waals surface area contributed by atoms with Gasteiger partial charge in [-0.3, -0.25) is 0 Å². The Morgan fingerprint density at radius 3 is 2.85 bits per heavy atom. The number of carboxylic acid groups (broad SMARTS) is 1. The van der Waals surface area contributed by atoms with Crippen molar-refractivity contribution < 1.29 is 14.6 Å². The maximum absolute atomic E-state index is 10.6. The smallest absolute Gasteiger partial charge is 0.332 e. The van der Waals surface area contributed by atoms with E-state index in [0.717, 1.165) is 19.3 Å². The number of carbonyl (C=O) groups is 1. The Morgan fingerprint density at radius 1 is 1.62 bits per heavy atom. The van der Waals surface area contributed by atoms with Gasteiger partial charge < -0.3 is 15.6 Å². The van der Waals surface area contributed by atoms with E-state index >= 15 is 0 Å². The summed E-state index contributed by atoms with van der Waals surface area (Å²) in [5, 5.41) is 8.74. The summed E-state index contributed by atoms with van der Waals surface area (Å²) in [6.07, 6.45) is 2.41. The molecule has 0 bridgehead atoms. The van der Waals surface area contributed by atoms with E-state index in [1.54, 1.807) is 0 Å². The second-order valence-electron chi connectivity index (χ2n) is 3.53. The van der Waals surface area contributed by atoms with Crippen LogP contribution in [0.3, 0.4) is 0 Å². The highest BCUT2D eigenvalue weighted by Gasteiger charge is 2.31. The lowest BCUT2D eigenvalue weighted by atomic mass is 9.96. The van der Waals surface area contributed by atoms with E-state index in [1.807, 2.05) is 6.92 Å². The van der Waals surface area contributed by atoms with E-state index in [0.29, 0.717) is 6.42 Å². The number of rotatable bonds is 3. The van der Waals surface area contributed by atoms with Gasteiger partial charge in [0.15, 0.2) is 6.10 Å². The number of carboxylic acids is 1. The molecule has 4 nitrogen and oxygen atoms in total. The summed E-state index contributed by atoms with van der Waals surface area (Å²) in [6, 6.07) is 0.00977. The predicted molar refractivity (Wildman–Crippen MR) is 48.4 cm³/mol. The van der Waals surface area contributed by atoms with Crippen LogP contribution in [0.25, 0.3) is 0 Å². The summed E-state index contributed by atoms with van der Waals surface area (Å²) in [6.45, 7) is 2.04. The highest BCUT2D eigenvalue weighted by atomic mass is 16.5. The maximum Gasteiger partial charge on any atom is 0.332 e. The summed E-state index contributed by atoms with van der Waals surface area (Å²) in [5.74, 6) is -0.868. The van der Waals surface area contributed by atoms with Crippen molar-refractivity contribution in [3.05, 3.63) is 0 Å². The SMILES string of the molecule is CCC[C@H]1O[C@H](C(=O)O)CC[C@@H]1N. The van der Waals surface area contributed by atoms with Crippen molar-refractivity contribution in [3.8, 4) is 0 Å². The van der Waals surface area contributed by atoms with Gasteiger partial charge in [-0.05, 0) is 19.3 Å². The molecule has 76 valence electrons. The van der Waals surface area contributed by atoms with Crippen molar-refractivity contribution in [2.24, 2.45) is 5.73 Å². The molecule has 0 unspecified atom stereocenters. The van der Waals surface area contributed by atoms with Gasteiger partial charge in [-0.1, -0.05) is 13.3 Å². The molecule has 0 radical (unpaired) electrons. The number of aliphatic carboxylic acids is 1. The molecule has 1 rings (SSSR count). The quantitative estimate of drug-likeness (QED) is 0.683. The van der Waals surface area contributed by atoms with Gasteiger partial charge in [0.05, 0.1) is 6.10 Å². The standard InChI is InChI=1S/C9H17NO3/c1-2-3-7-6(10)4-5-8(13-7)9(11)12/h6-8H,2-5,10H2,1H3,(H,11,12)/t6-,7+,8-/m0/s1. The highest BCUT2D eigenvalue weighted by molar-refractivity contribution is 5.72. The summed E-state index contributed by atoms with van der Waals surface area (Å²) >= 11 is 0. The van der Waals surface area contributed by atoms with E-state index in [-0.39, 0.29) is 12.1 Å². The van der Waals surface area contributed by atoms with Crippen LogP contribution in [-0.4, -0.2) is 29.3 Å². The fourth-order valence-corrected chi connectivity index (χ4v) is 1.66. The van der Waals surface area contributed by atoms with Gasteiger partial charge in [-0.15, -0.1) is 0 Å². The van der Waals surface area contributed by atoms with Crippen molar-refractivity contribution in [2.45, 2.75) is 50.9 Å². The molecule has 1 saturated heterocycles. The summed E-state index contributed by atoms with van der Waals surface area (Å²) < 4.78 is 5.38. The van der Waals surface area contributed by atoms with Crippen molar-refractivity contribution >= 4 is 5.97 Å². The molecule has 0 aromatic heterocycles. The zero-order valence-corrected chi connectivity index (χ0v) is 7.90. The Balaban J connectivity index is 2.47. The first-order chi connectivity index (χ1) is 6.15. The van der Waals surface area contributed by atoms with Crippen LogP contribution in [0.1, 0.15) is 32.6 Å². The van der Waals surface area contributed by atoms with E-state index in [1.165, 1.54) is 0 Å². The maximum atomic E-state index is 10.6. The Morgan fingerprint density at radius 2 is 2.31 bits per heavy atom. The van der Waals surface area contributed by atoms with Crippen molar-refractivity contribution in [3.63, 3.8) is 0 Å². The number of nitrogens with two attached hydrogens (primary N) is 1. The molecular weight excluding hydrogens is 170 g/mol. The molecule has 1 heterocycles. The molecule has 3 atom stereocenters. The Bertz CT molecular complexity index is 184. The molecule has 1 aliphatic rings. The van der Waals surface area contributed by atoms with E-state index < -0.39 is 12.1 Å². The van der Waals surface area contributed by atoms with Crippen molar-refractivity contribution in [2.75, 3.05) is 0 Å². The molecule has 3 N–H and O–H groups in total. The van der Waals surface area contributed by atoms with Gasteiger partial charge in [0.25, 0.3) is 0 Å². The monoisotopic (exact) mass is 187 g/mol. The minimum atomic E-state index is -0.868. The minimum Gasteiger partial charge on any atom is -0.479 e. The average molecular weight is 187 g/mol. The number of ether oxygens (including phenoxy) is 1. The van der Waals surface area contributed by atoms with Crippen molar-refractivity contribution in [1.29, 1.82) is 0 Å². The summed E-state index contributed by atoms with van der Waals surface area (Å²) in [5.41, 5.74) is 5.81. The topological polar surface area (TPSA) is 72.5 Å². The number of hydrogen-bond donors (Lipinski definition) is 2. The zero-order valence-electron chi connectivity index (χ0n) is 7.90. The van der Waals surface area contributed by atoms with Gasteiger partial charge in [0.1, 0.15) is 0 Å². The van der Waals surface area contributed by atoms with Crippen LogP contribution in [0.2, 0.25) is 0 Å². The molecule has 0 amide bonds. The number of hydrogen-bond acceptors (Lipinski definition) is 3. The third-order valence-electron chi connectivity index (χ3n) is 2.43. The molecule has 0 aliphatic carbocycles. The van der Waals surface area contributed by atoms with Crippen LogP contribution in [0.15, 0.2) is 0 Å². The van der Waals surface area contributed by atoms with Crippen LogP contribution in [0.4, 0.5) is 0 Å². The van der Waals surface area contributed by atoms with Crippen LogP contribution in [-0.2, 0) is 9.53 Å². The van der Waals surface area contributed by atoms with Crippen LogP contribution in [0, 0.1) is 0 Å². The Hall–Kier alpha value is -0.610. The molecule has 0 saturated carbocycles. The third-order valence-corrected chi connectivity index (χ3v) is 2.43. The lowest BCUT2D eigenvalue weighted by Gasteiger charge is -2.32. The lowest BCUT2D eigenvalue weighted by molar-refractivity contribution is -0.160. The molecule has 0 spiro atoms. The van der Waals surface area contributed by atoms with Crippen LogP contribution in [0.5, 0.6) is 0 Å². The second kappa shape index (κ2) is 4.58. The third kappa shape index (κ3) is 2.67. The zero-order chi connectivity index (χ0) is 9.84. The molecule has 0 aromatic rings. The molecule has 1 fully saturated rings. The minimum absolute atomic E-state index is 0.00977. The molecular formula is C9H17NO3. The summed E-state index contributed by atoms with van der Waals surface area (Å²) in [7, 11) is 0. The van der Waals surface area contributed by atoms with Gasteiger partial charge in [-0.25, -0.2) is 4.79 Å². The predicted octanol–water partition coefficient (Wildman–Crippen LogP) is 0.746. The van der Waals surface area contributed by atoms with Gasteiger partial charge >= 0.3 is 5.97 Å². The van der Waals surface area contributed by atoms with Crippen molar-refractivity contribution in [1.82, 2.24) is 0 Å². The average Bonchev–Trinajstić information content (AvgIpc) is 2.08. The van der Waals surface area contributed by atoms with E-state index in [9.17, 15) is 4.79 Å².